The molecule has 64 heavy (non-hydrogen) atoms. The first-order valence-corrected chi connectivity index (χ1v) is 20.8. The second-order valence-electron chi connectivity index (χ2n) is 15.0. The van der Waals surface area contributed by atoms with E-state index in [1.54, 1.807) is 19.0 Å². The maximum Gasteiger partial charge on any atom is 0.115 e. The van der Waals surface area contributed by atoms with E-state index in [1.165, 1.54) is 33.4 Å². The van der Waals surface area contributed by atoms with Gasteiger partial charge in [0.1, 0.15) is 19.0 Å². The minimum Gasteiger partial charge on any atom is -0.255 e. The fourth-order valence-corrected chi connectivity index (χ4v) is 6.58. The second kappa shape index (κ2) is 24.3. The Balaban J connectivity index is 0.000000158. The van der Waals surface area contributed by atoms with Crippen LogP contribution in [0.2, 0.25) is 0 Å². The smallest absolute Gasteiger partial charge is 0.115 e. The molecule has 9 rings (SSSR count). The molecule has 0 aliphatic rings. The number of rotatable bonds is 12. The van der Waals surface area contributed by atoms with Crippen molar-refractivity contribution in [3.8, 4) is 34.2 Å². The van der Waals surface area contributed by atoms with Gasteiger partial charge >= 0.3 is 0 Å². The SMILES string of the molecule is Cc1ccnc(-c2cc(CCc3cncnc3)ccn2)c1.Cc1ccnc(-c2cc(CCc3cncnc3)ccn2)c1.Cc1ccnc(-c2cc(CCc3cncnc3)ccn2)c1.[Fe]. The van der Waals surface area contributed by atoms with E-state index in [-0.39, 0.29) is 17.1 Å². The van der Waals surface area contributed by atoms with Crippen LogP contribution in [0.5, 0.6) is 0 Å². The summed E-state index contributed by atoms with van der Waals surface area (Å²) < 4.78 is 0. The van der Waals surface area contributed by atoms with Crippen LogP contribution >= 0.6 is 0 Å². The van der Waals surface area contributed by atoms with Crippen molar-refractivity contribution in [1.82, 2.24) is 59.8 Å². The van der Waals surface area contributed by atoms with Gasteiger partial charge in [-0.3, -0.25) is 29.9 Å². The van der Waals surface area contributed by atoms with Gasteiger partial charge in [0.05, 0.1) is 34.2 Å². The zero-order valence-electron chi connectivity index (χ0n) is 36.1. The largest absolute Gasteiger partial charge is 0.255 e. The number of hydrogen-bond donors (Lipinski definition) is 0. The minimum atomic E-state index is 0. The van der Waals surface area contributed by atoms with E-state index >= 15 is 0 Å². The summed E-state index contributed by atoms with van der Waals surface area (Å²) >= 11 is 0. The molecular formula is C51H48FeN12. The van der Waals surface area contributed by atoms with Crippen molar-refractivity contribution < 1.29 is 17.1 Å². The van der Waals surface area contributed by atoms with E-state index in [9.17, 15) is 0 Å². The second-order valence-corrected chi connectivity index (χ2v) is 15.0. The average molecular weight is 885 g/mol. The van der Waals surface area contributed by atoms with Crippen molar-refractivity contribution in [1.29, 1.82) is 0 Å². The molecule has 9 aromatic rings. The van der Waals surface area contributed by atoms with Gasteiger partial charge in [-0.05, 0) is 182 Å². The van der Waals surface area contributed by atoms with Gasteiger partial charge < -0.3 is 0 Å². The van der Waals surface area contributed by atoms with E-state index < -0.39 is 0 Å². The molecule has 9 aromatic heterocycles. The van der Waals surface area contributed by atoms with Crippen LogP contribution in [0.15, 0.2) is 166 Å². The van der Waals surface area contributed by atoms with E-state index in [0.29, 0.717) is 0 Å². The Morgan fingerprint density at radius 1 is 0.281 bits per heavy atom. The summed E-state index contributed by atoms with van der Waals surface area (Å²) in [7, 11) is 0. The number of nitrogens with zero attached hydrogens (tertiary/aromatic N) is 12. The third-order valence-corrected chi connectivity index (χ3v) is 9.96. The standard InChI is InChI=1S/3C17H16N4.Fe/c3*1-13-4-6-20-16(8-13)17-9-14(5-7-21-17)2-3-15-10-18-12-19-11-15;/h3*4-12H,2-3H2,1H3;. The summed E-state index contributed by atoms with van der Waals surface area (Å²) in [4.78, 5) is 50.6. The average Bonchev–Trinajstić information content (AvgIpc) is 3.34. The Morgan fingerprint density at radius 3 is 0.750 bits per heavy atom. The fourth-order valence-electron chi connectivity index (χ4n) is 6.58. The molecule has 12 nitrogen and oxygen atoms in total. The molecule has 0 aliphatic carbocycles. The minimum absolute atomic E-state index is 0. The molecule has 0 N–H and O–H groups in total. The molecule has 0 spiro atoms. The van der Waals surface area contributed by atoms with Crippen molar-refractivity contribution >= 4 is 0 Å². The van der Waals surface area contributed by atoms with Crippen LogP contribution in [-0.4, -0.2) is 59.8 Å². The molecule has 0 radical (unpaired) electrons. The van der Waals surface area contributed by atoms with E-state index in [1.807, 2.05) is 111 Å². The Morgan fingerprint density at radius 2 is 0.500 bits per heavy atom. The fraction of sp³-hybridized carbons (Fsp3) is 0.176. The van der Waals surface area contributed by atoms with Crippen LogP contribution in [0, 0.1) is 20.8 Å². The van der Waals surface area contributed by atoms with Crippen LogP contribution in [0.25, 0.3) is 34.2 Å². The summed E-state index contributed by atoms with van der Waals surface area (Å²) in [5.74, 6) is 0. The summed E-state index contributed by atoms with van der Waals surface area (Å²) in [6, 6.07) is 24.6. The predicted molar refractivity (Wildman–Crippen MR) is 245 cm³/mol. The predicted octanol–water partition coefficient (Wildman–Crippen LogP) is 9.08. The molecule has 9 heterocycles. The first-order valence-electron chi connectivity index (χ1n) is 20.8. The number of hydrogen-bond acceptors (Lipinski definition) is 12. The van der Waals surface area contributed by atoms with Gasteiger partial charge in [0.15, 0.2) is 0 Å². The number of pyridine rings is 6. The van der Waals surface area contributed by atoms with Gasteiger partial charge in [-0.25, -0.2) is 29.9 Å². The van der Waals surface area contributed by atoms with Crippen LogP contribution in [0.4, 0.5) is 0 Å². The molecule has 320 valence electrons. The Labute approximate surface area is 384 Å². The normalized spacial score (nSPS) is 10.4. The number of aryl methyl sites for hydroxylation is 9. The van der Waals surface area contributed by atoms with Gasteiger partial charge in [0, 0.05) is 91.4 Å². The maximum atomic E-state index is 4.42. The first-order chi connectivity index (χ1) is 30.9. The topological polar surface area (TPSA) is 155 Å². The van der Waals surface area contributed by atoms with Gasteiger partial charge in [-0.15, -0.1) is 0 Å². The number of aromatic nitrogens is 12. The van der Waals surface area contributed by atoms with Crippen molar-refractivity contribution in [3.05, 3.63) is 216 Å². The van der Waals surface area contributed by atoms with E-state index in [0.717, 1.165) is 89.4 Å². The summed E-state index contributed by atoms with van der Waals surface area (Å²) in [5, 5.41) is 0. The molecule has 13 heteroatoms. The van der Waals surface area contributed by atoms with E-state index in [2.05, 4.69) is 117 Å². The molecule has 0 aromatic carbocycles. The molecule has 0 saturated heterocycles. The summed E-state index contributed by atoms with van der Waals surface area (Å²) in [6.45, 7) is 6.18. The quantitative estimate of drug-likeness (QED) is 0.108. The van der Waals surface area contributed by atoms with Crippen molar-refractivity contribution in [2.75, 3.05) is 0 Å². The molecule has 0 bridgehead atoms. The molecule has 0 amide bonds. The monoisotopic (exact) mass is 884 g/mol. The van der Waals surface area contributed by atoms with E-state index in [4.69, 9.17) is 0 Å². The summed E-state index contributed by atoms with van der Waals surface area (Å²) in [5.41, 5.74) is 16.2. The Hall–Kier alpha value is -7.34. The summed E-state index contributed by atoms with van der Waals surface area (Å²) in [6.07, 6.45) is 32.4. The van der Waals surface area contributed by atoms with Crippen LogP contribution in [-0.2, 0) is 55.6 Å². The third-order valence-electron chi connectivity index (χ3n) is 9.96. The molecule has 0 fully saturated rings. The van der Waals surface area contributed by atoms with Gasteiger partial charge in [0.25, 0.3) is 0 Å². The first kappa shape index (κ1) is 46.2. The van der Waals surface area contributed by atoms with Crippen molar-refractivity contribution in [2.24, 2.45) is 0 Å². The zero-order valence-corrected chi connectivity index (χ0v) is 37.2. The maximum absolute atomic E-state index is 4.42. The van der Waals surface area contributed by atoms with Gasteiger partial charge in [0.2, 0.25) is 0 Å². The molecule has 0 aliphatic heterocycles. The zero-order chi connectivity index (χ0) is 43.5. The van der Waals surface area contributed by atoms with Crippen LogP contribution in [0.1, 0.15) is 50.1 Å². The molecule has 0 unspecified atom stereocenters. The third kappa shape index (κ3) is 14.6. The van der Waals surface area contributed by atoms with Gasteiger partial charge in [-0.2, -0.15) is 0 Å². The molecule has 0 atom stereocenters. The van der Waals surface area contributed by atoms with Gasteiger partial charge in [-0.1, -0.05) is 0 Å². The molecular weight excluding hydrogens is 836 g/mol. The van der Waals surface area contributed by atoms with Crippen LogP contribution in [0.3, 0.4) is 0 Å². The van der Waals surface area contributed by atoms with Crippen LogP contribution < -0.4 is 0 Å². The molecule has 0 saturated carbocycles. The Bertz CT molecular complexity index is 2490. The van der Waals surface area contributed by atoms with Crippen molar-refractivity contribution in [3.63, 3.8) is 0 Å². The van der Waals surface area contributed by atoms with Crippen molar-refractivity contribution in [2.45, 2.75) is 59.3 Å². The Kier molecular flexibility index (Phi) is 17.6.